The first-order chi connectivity index (χ1) is 4.26. The molecule has 0 rings (SSSR count). The van der Waals surface area contributed by atoms with Gasteiger partial charge in [-0.25, -0.2) is 4.79 Å². The van der Waals surface area contributed by atoms with Crippen molar-refractivity contribution < 1.29 is 14.7 Å². The van der Waals surface area contributed by atoms with Crippen LogP contribution in [0.1, 0.15) is 13.3 Å². The van der Waals surface area contributed by atoms with Gasteiger partial charge >= 0.3 is 0 Å². The molecule has 0 amide bonds. The van der Waals surface area contributed by atoms with E-state index in [0.29, 0.717) is 6.42 Å². The minimum Gasteiger partial charge on any atom is -0.388 e. The summed E-state index contributed by atoms with van der Waals surface area (Å²) in [7, 11) is 0. The number of carbonyl (C=O) groups is 1. The second kappa shape index (κ2) is 4.01. The van der Waals surface area contributed by atoms with E-state index >= 15 is 0 Å². The normalized spacial score (nSPS) is 8.22. The Kier molecular flexibility index (Phi) is 3.60. The molecule has 50 valence electrons. The van der Waals surface area contributed by atoms with Gasteiger partial charge in [0.15, 0.2) is 5.78 Å². The van der Waals surface area contributed by atoms with Gasteiger partial charge in [-0.2, -0.15) is 0 Å². The summed E-state index contributed by atoms with van der Waals surface area (Å²) in [6.07, 6.45) is 0.336. The first-order valence-corrected chi connectivity index (χ1v) is 2.64. The summed E-state index contributed by atoms with van der Waals surface area (Å²) in [6, 6.07) is 0. The highest BCUT2D eigenvalue weighted by Crippen LogP contribution is 1.94. The second-order valence-electron chi connectivity index (χ2n) is 1.52. The molecule has 0 atom stereocenters. The molecule has 0 aliphatic carbocycles. The SMILES string of the molecule is CCC(=C=O)C(=O)CO. The number of Topliss-reactive ketones (excluding diaryl/α,β-unsaturated/α-hetero) is 1. The van der Waals surface area contributed by atoms with E-state index in [-0.39, 0.29) is 5.57 Å². The third kappa shape index (κ3) is 2.22. The summed E-state index contributed by atoms with van der Waals surface area (Å²) in [5.41, 5.74) is 0.0255. The molecule has 3 heteroatoms. The largest absolute Gasteiger partial charge is 0.388 e. The van der Waals surface area contributed by atoms with E-state index < -0.39 is 12.4 Å². The number of rotatable bonds is 3. The molecule has 0 saturated carbocycles. The molecule has 0 heterocycles. The van der Waals surface area contributed by atoms with E-state index in [1.165, 1.54) is 5.94 Å². The van der Waals surface area contributed by atoms with Gasteiger partial charge in [-0.15, -0.1) is 0 Å². The van der Waals surface area contributed by atoms with Crippen LogP contribution in [0.2, 0.25) is 0 Å². The summed E-state index contributed by atoms with van der Waals surface area (Å²) in [5.74, 6) is 0.925. The fourth-order valence-electron chi connectivity index (χ4n) is 0.422. The molecule has 0 aliphatic heterocycles. The summed E-state index contributed by atoms with van der Waals surface area (Å²) in [5, 5.41) is 8.22. The van der Waals surface area contributed by atoms with E-state index in [1.54, 1.807) is 6.92 Å². The molecule has 0 saturated heterocycles. The Bertz CT molecular complexity index is 154. The minimum atomic E-state index is -0.599. The lowest BCUT2D eigenvalue weighted by molar-refractivity contribution is -0.118. The van der Waals surface area contributed by atoms with Gasteiger partial charge in [0.1, 0.15) is 12.5 Å². The van der Waals surface area contributed by atoms with Gasteiger partial charge in [0.25, 0.3) is 0 Å². The smallest absolute Gasteiger partial charge is 0.195 e. The highest BCUT2D eigenvalue weighted by molar-refractivity contribution is 6.02. The molecule has 0 aromatic heterocycles. The molecule has 0 aromatic rings. The van der Waals surface area contributed by atoms with Crippen molar-refractivity contribution in [2.75, 3.05) is 6.61 Å². The maximum Gasteiger partial charge on any atom is 0.195 e. The molecule has 1 N–H and O–H groups in total. The van der Waals surface area contributed by atoms with E-state index in [9.17, 15) is 9.59 Å². The van der Waals surface area contributed by atoms with Crippen molar-refractivity contribution in [1.29, 1.82) is 0 Å². The van der Waals surface area contributed by atoms with Crippen LogP contribution in [0.25, 0.3) is 0 Å². The Morgan fingerprint density at radius 1 is 1.67 bits per heavy atom. The third-order valence-corrected chi connectivity index (χ3v) is 0.957. The first-order valence-electron chi connectivity index (χ1n) is 2.64. The molecular formula is C6H8O3. The van der Waals surface area contributed by atoms with Gasteiger partial charge in [0.2, 0.25) is 0 Å². The molecule has 0 spiro atoms. The Balaban J connectivity index is 4.14. The summed E-state index contributed by atoms with van der Waals surface area (Å²) >= 11 is 0. The minimum absolute atomic E-state index is 0.0255. The molecule has 0 aliphatic rings. The van der Waals surface area contributed by atoms with Crippen LogP contribution in [0, 0.1) is 0 Å². The molecule has 0 aromatic carbocycles. The van der Waals surface area contributed by atoms with Crippen molar-refractivity contribution in [2.24, 2.45) is 0 Å². The van der Waals surface area contributed by atoms with Crippen molar-refractivity contribution >= 4 is 11.7 Å². The van der Waals surface area contributed by atoms with E-state index in [1.807, 2.05) is 0 Å². The average Bonchev–Trinajstić information content (AvgIpc) is 1.90. The van der Waals surface area contributed by atoms with Crippen molar-refractivity contribution in [1.82, 2.24) is 0 Å². The predicted molar refractivity (Wildman–Crippen MR) is 31.6 cm³/mol. The molecule has 3 nitrogen and oxygen atoms in total. The van der Waals surface area contributed by atoms with Crippen molar-refractivity contribution in [2.45, 2.75) is 13.3 Å². The topological polar surface area (TPSA) is 54.4 Å². The van der Waals surface area contributed by atoms with Gasteiger partial charge < -0.3 is 5.11 Å². The number of carbonyl (C=O) groups excluding carboxylic acids is 2. The van der Waals surface area contributed by atoms with Gasteiger partial charge in [-0.05, 0) is 6.42 Å². The Morgan fingerprint density at radius 2 is 2.22 bits per heavy atom. The maximum atomic E-state index is 10.4. The van der Waals surface area contributed by atoms with Gasteiger partial charge in [-0.3, -0.25) is 4.79 Å². The standard InChI is InChI=1S/C6H8O3/c1-2-5(3-7)6(9)4-8/h8H,2,4H2,1H3. The fourth-order valence-corrected chi connectivity index (χ4v) is 0.422. The Morgan fingerprint density at radius 3 is 2.33 bits per heavy atom. The van der Waals surface area contributed by atoms with Gasteiger partial charge in [0.05, 0.1) is 5.57 Å². The summed E-state index contributed by atoms with van der Waals surface area (Å²) < 4.78 is 0. The number of aliphatic hydroxyl groups excluding tert-OH is 1. The molecule has 0 radical (unpaired) electrons. The number of hydrogen-bond donors (Lipinski definition) is 1. The maximum absolute atomic E-state index is 10.4. The molecule has 0 fully saturated rings. The molecule has 0 bridgehead atoms. The van der Waals surface area contributed by atoms with Crippen LogP contribution in [-0.2, 0) is 9.59 Å². The van der Waals surface area contributed by atoms with Crippen LogP contribution >= 0.6 is 0 Å². The number of hydrogen-bond acceptors (Lipinski definition) is 3. The monoisotopic (exact) mass is 128 g/mol. The van der Waals surface area contributed by atoms with Gasteiger partial charge in [-0.1, -0.05) is 6.92 Å². The second-order valence-corrected chi connectivity index (χ2v) is 1.52. The lowest BCUT2D eigenvalue weighted by Gasteiger charge is -1.90. The quantitative estimate of drug-likeness (QED) is 0.420. The Hall–Kier alpha value is -0.920. The van der Waals surface area contributed by atoms with Crippen LogP contribution in [0.3, 0.4) is 0 Å². The highest BCUT2D eigenvalue weighted by atomic mass is 16.3. The Labute approximate surface area is 53.0 Å². The zero-order chi connectivity index (χ0) is 7.28. The van der Waals surface area contributed by atoms with Crippen LogP contribution in [0.5, 0.6) is 0 Å². The van der Waals surface area contributed by atoms with Crippen molar-refractivity contribution in [3.63, 3.8) is 0 Å². The summed E-state index contributed by atoms with van der Waals surface area (Å²) in [6.45, 7) is 1.06. The lowest BCUT2D eigenvalue weighted by atomic mass is 10.1. The zero-order valence-corrected chi connectivity index (χ0v) is 5.18. The first kappa shape index (κ1) is 8.08. The number of ketones is 1. The van der Waals surface area contributed by atoms with E-state index in [2.05, 4.69) is 0 Å². The van der Waals surface area contributed by atoms with Crippen molar-refractivity contribution in [3.05, 3.63) is 5.57 Å². The lowest BCUT2D eigenvalue weighted by Crippen LogP contribution is -2.06. The van der Waals surface area contributed by atoms with Gasteiger partial charge in [0, 0.05) is 0 Å². The predicted octanol–water partition coefficient (Wildman–Crippen LogP) is -0.284. The number of aliphatic hydroxyl groups is 1. The van der Waals surface area contributed by atoms with Crippen LogP contribution in [0.4, 0.5) is 0 Å². The van der Waals surface area contributed by atoms with Crippen molar-refractivity contribution in [3.8, 4) is 0 Å². The molecule has 9 heavy (non-hydrogen) atoms. The fraction of sp³-hybridized carbons (Fsp3) is 0.500. The average molecular weight is 128 g/mol. The highest BCUT2D eigenvalue weighted by Gasteiger charge is 2.04. The molecule has 0 unspecified atom stereocenters. The molecular weight excluding hydrogens is 120 g/mol. The van der Waals surface area contributed by atoms with Crippen LogP contribution < -0.4 is 0 Å². The van der Waals surface area contributed by atoms with Crippen LogP contribution in [-0.4, -0.2) is 23.4 Å². The third-order valence-electron chi connectivity index (χ3n) is 0.957. The zero-order valence-electron chi connectivity index (χ0n) is 5.18. The van der Waals surface area contributed by atoms with Crippen LogP contribution in [0.15, 0.2) is 5.57 Å². The van der Waals surface area contributed by atoms with E-state index in [4.69, 9.17) is 5.11 Å². The summed E-state index contributed by atoms with van der Waals surface area (Å²) in [4.78, 5) is 20.3. The van der Waals surface area contributed by atoms with E-state index in [0.717, 1.165) is 0 Å².